The van der Waals surface area contributed by atoms with Crippen molar-refractivity contribution in [2.45, 2.75) is 6.42 Å². The van der Waals surface area contributed by atoms with Gasteiger partial charge >= 0.3 is 0 Å². The Morgan fingerprint density at radius 2 is 1.94 bits per heavy atom. The summed E-state index contributed by atoms with van der Waals surface area (Å²) in [5.74, 6) is -2.14. The molecular weight excluding hydrogens is 310 g/mol. The van der Waals surface area contributed by atoms with Gasteiger partial charge in [-0.3, -0.25) is 9.59 Å². The highest BCUT2D eigenvalue weighted by molar-refractivity contribution is 9.10. The van der Waals surface area contributed by atoms with Crippen molar-refractivity contribution in [3.05, 3.63) is 28.2 Å². The largest absolute Gasteiger partial charge is 0.347 e. The molecule has 0 spiro atoms. The van der Waals surface area contributed by atoms with Crippen LogP contribution in [-0.2, 0) is 9.59 Å². The quantitative estimate of drug-likeness (QED) is 0.799. The smallest absolute Gasteiger partial charge is 0.246 e. The summed E-state index contributed by atoms with van der Waals surface area (Å²) in [7, 11) is 0. The van der Waals surface area contributed by atoms with Crippen LogP contribution in [-0.4, -0.2) is 24.9 Å². The Bertz CT molecular complexity index is 522. The second-order valence-corrected chi connectivity index (χ2v) is 4.64. The van der Waals surface area contributed by atoms with Gasteiger partial charge in [0, 0.05) is 19.0 Å². The van der Waals surface area contributed by atoms with Crippen molar-refractivity contribution in [3.8, 4) is 0 Å². The van der Waals surface area contributed by atoms with Gasteiger partial charge in [-0.25, -0.2) is 8.78 Å². The Morgan fingerprint density at radius 1 is 1.22 bits per heavy atom. The molecule has 2 rings (SSSR count). The van der Waals surface area contributed by atoms with Crippen LogP contribution >= 0.6 is 15.9 Å². The number of rotatable bonds is 1. The topological polar surface area (TPSA) is 49.4 Å². The number of carbonyl (C=O) groups excluding carboxylic acids is 2. The maximum atomic E-state index is 13.7. The Hall–Kier alpha value is -1.50. The summed E-state index contributed by atoms with van der Waals surface area (Å²) in [6.45, 7) is -0.182. The molecule has 2 amide bonds. The van der Waals surface area contributed by atoms with E-state index in [0.29, 0.717) is 0 Å². The molecule has 1 aliphatic rings. The van der Waals surface area contributed by atoms with Crippen LogP contribution < -0.4 is 10.2 Å². The van der Waals surface area contributed by atoms with Crippen molar-refractivity contribution < 1.29 is 18.4 Å². The van der Waals surface area contributed by atoms with Crippen LogP contribution in [0, 0.1) is 11.6 Å². The summed E-state index contributed by atoms with van der Waals surface area (Å²) in [4.78, 5) is 23.9. The highest BCUT2D eigenvalue weighted by Gasteiger charge is 2.24. The minimum atomic E-state index is -0.717. The first-order valence-electron chi connectivity index (χ1n) is 5.20. The third-order valence-electron chi connectivity index (χ3n) is 2.58. The fraction of sp³-hybridized carbons (Fsp3) is 0.273. The molecule has 0 aromatic heterocycles. The van der Waals surface area contributed by atoms with Crippen molar-refractivity contribution >= 4 is 33.4 Å². The number of halogens is 3. The molecule has 1 N–H and O–H groups in total. The van der Waals surface area contributed by atoms with Crippen LogP contribution in [0.25, 0.3) is 0 Å². The van der Waals surface area contributed by atoms with Crippen molar-refractivity contribution in [2.24, 2.45) is 0 Å². The third-order valence-corrected chi connectivity index (χ3v) is 3.19. The normalized spacial score (nSPS) is 16.5. The van der Waals surface area contributed by atoms with Gasteiger partial charge in [-0.15, -0.1) is 0 Å². The van der Waals surface area contributed by atoms with Gasteiger partial charge in [0.05, 0.1) is 16.7 Å². The number of nitrogens with zero attached hydrogens (tertiary/aromatic N) is 1. The molecule has 0 atom stereocenters. The summed E-state index contributed by atoms with van der Waals surface area (Å²) in [5, 5.41) is 2.38. The second-order valence-electron chi connectivity index (χ2n) is 3.79. The third kappa shape index (κ3) is 2.50. The van der Waals surface area contributed by atoms with E-state index >= 15 is 0 Å². The zero-order valence-electron chi connectivity index (χ0n) is 9.17. The van der Waals surface area contributed by atoms with E-state index in [0.717, 1.165) is 17.0 Å². The van der Waals surface area contributed by atoms with Crippen LogP contribution in [0.4, 0.5) is 14.5 Å². The summed E-state index contributed by atoms with van der Waals surface area (Å²) in [6.07, 6.45) is 0.0584. The lowest BCUT2D eigenvalue weighted by molar-refractivity contribution is -0.123. The first kappa shape index (κ1) is 12.9. The highest BCUT2D eigenvalue weighted by atomic mass is 79.9. The van der Waals surface area contributed by atoms with Crippen LogP contribution in [0.15, 0.2) is 16.6 Å². The number of nitrogens with one attached hydrogen (secondary N) is 1. The van der Waals surface area contributed by atoms with E-state index in [2.05, 4.69) is 21.2 Å². The van der Waals surface area contributed by atoms with E-state index in [9.17, 15) is 18.4 Å². The molecule has 4 nitrogen and oxygen atoms in total. The summed E-state index contributed by atoms with van der Waals surface area (Å²) < 4.78 is 27.1. The molecule has 0 aliphatic carbocycles. The minimum Gasteiger partial charge on any atom is -0.347 e. The zero-order chi connectivity index (χ0) is 13.3. The van der Waals surface area contributed by atoms with E-state index < -0.39 is 17.5 Å². The second kappa shape index (κ2) is 5.01. The molecular formula is C11H9BrF2N2O2. The lowest BCUT2D eigenvalue weighted by Crippen LogP contribution is -2.35. The lowest BCUT2D eigenvalue weighted by atomic mass is 10.2. The standard InChI is InChI=1S/C11H9BrF2N2O2/c12-6-3-8(14)9(4-7(6)13)16-2-1-10(17)15-5-11(16)18/h3-4H,1-2,5H2,(H,15,17). The van der Waals surface area contributed by atoms with Gasteiger partial charge < -0.3 is 10.2 Å². The SMILES string of the molecule is O=C1CCN(c2cc(F)c(Br)cc2F)C(=O)CN1. The van der Waals surface area contributed by atoms with Crippen molar-refractivity contribution in [1.29, 1.82) is 0 Å². The molecule has 1 fully saturated rings. The van der Waals surface area contributed by atoms with Gasteiger partial charge in [0.1, 0.15) is 11.6 Å². The average molecular weight is 319 g/mol. The molecule has 1 heterocycles. The fourth-order valence-corrected chi connectivity index (χ4v) is 1.99. The Balaban J connectivity index is 2.38. The first-order valence-corrected chi connectivity index (χ1v) is 6.00. The molecule has 1 aromatic rings. The molecule has 18 heavy (non-hydrogen) atoms. The van der Waals surface area contributed by atoms with E-state index in [-0.39, 0.29) is 35.6 Å². The molecule has 0 unspecified atom stereocenters. The van der Waals surface area contributed by atoms with Gasteiger partial charge in [0.2, 0.25) is 11.8 Å². The highest BCUT2D eigenvalue weighted by Crippen LogP contribution is 2.27. The Morgan fingerprint density at radius 3 is 2.67 bits per heavy atom. The predicted octanol–water partition coefficient (Wildman–Crippen LogP) is 1.58. The van der Waals surface area contributed by atoms with Crippen molar-refractivity contribution in [2.75, 3.05) is 18.0 Å². The number of benzene rings is 1. The summed E-state index contributed by atoms with van der Waals surface area (Å²) >= 11 is 2.86. The van der Waals surface area contributed by atoms with Crippen LogP contribution in [0.2, 0.25) is 0 Å². The number of hydrogen-bond donors (Lipinski definition) is 1. The minimum absolute atomic E-state index is 0.0137. The molecule has 7 heteroatoms. The maximum absolute atomic E-state index is 13.7. The zero-order valence-corrected chi connectivity index (χ0v) is 10.8. The Labute approximate surface area is 110 Å². The van der Waals surface area contributed by atoms with E-state index in [4.69, 9.17) is 0 Å². The average Bonchev–Trinajstić information content (AvgIpc) is 2.47. The van der Waals surface area contributed by atoms with E-state index in [1.165, 1.54) is 0 Å². The summed E-state index contributed by atoms with van der Waals surface area (Å²) in [6, 6.07) is 1.89. The van der Waals surface area contributed by atoms with Crippen LogP contribution in [0.1, 0.15) is 6.42 Å². The van der Waals surface area contributed by atoms with Crippen LogP contribution in [0.5, 0.6) is 0 Å². The van der Waals surface area contributed by atoms with Gasteiger partial charge in [0.15, 0.2) is 0 Å². The first-order chi connectivity index (χ1) is 8.49. The number of amides is 2. The molecule has 1 saturated heterocycles. The fourth-order valence-electron chi connectivity index (χ4n) is 1.67. The number of anilines is 1. The van der Waals surface area contributed by atoms with E-state index in [1.807, 2.05) is 0 Å². The van der Waals surface area contributed by atoms with Crippen molar-refractivity contribution in [3.63, 3.8) is 0 Å². The monoisotopic (exact) mass is 318 g/mol. The number of hydrogen-bond acceptors (Lipinski definition) is 2. The maximum Gasteiger partial charge on any atom is 0.246 e. The van der Waals surface area contributed by atoms with Gasteiger partial charge in [0.25, 0.3) is 0 Å². The molecule has 0 bridgehead atoms. The molecule has 1 aromatic carbocycles. The van der Waals surface area contributed by atoms with Gasteiger partial charge in [-0.05, 0) is 22.0 Å². The van der Waals surface area contributed by atoms with Gasteiger partial charge in [-0.2, -0.15) is 0 Å². The molecule has 0 saturated carbocycles. The molecule has 0 radical (unpaired) electrons. The number of carbonyl (C=O) groups is 2. The molecule has 1 aliphatic heterocycles. The predicted molar refractivity (Wildman–Crippen MR) is 64.0 cm³/mol. The Kier molecular flexibility index (Phi) is 3.60. The lowest BCUT2D eigenvalue weighted by Gasteiger charge is -2.20. The summed E-state index contributed by atoms with van der Waals surface area (Å²) in [5.41, 5.74) is -0.155. The van der Waals surface area contributed by atoms with Gasteiger partial charge in [-0.1, -0.05) is 0 Å². The molecule has 96 valence electrons. The van der Waals surface area contributed by atoms with Crippen molar-refractivity contribution in [1.82, 2.24) is 5.32 Å². The van der Waals surface area contributed by atoms with Crippen LogP contribution in [0.3, 0.4) is 0 Å². The van der Waals surface area contributed by atoms with E-state index in [1.54, 1.807) is 0 Å².